The van der Waals surface area contributed by atoms with E-state index in [0.29, 0.717) is 12.4 Å². The number of aromatic amines is 1. The third-order valence-corrected chi connectivity index (χ3v) is 1.74. The second-order valence-electron chi connectivity index (χ2n) is 2.72. The van der Waals surface area contributed by atoms with Crippen molar-refractivity contribution in [2.75, 3.05) is 6.61 Å². The van der Waals surface area contributed by atoms with Crippen LogP contribution in [0.1, 0.15) is 31.3 Å². The first-order valence-electron chi connectivity index (χ1n) is 4.30. The van der Waals surface area contributed by atoms with Crippen molar-refractivity contribution in [3.8, 4) is 6.07 Å². The molecule has 0 amide bonds. The molecule has 0 aromatic carbocycles. The molecule has 1 atom stereocenters. The quantitative estimate of drug-likeness (QED) is 0.767. The Morgan fingerprint density at radius 2 is 2.50 bits per heavy atom. The highest BCUT2D eigenvalue weighted by atomic mass is 16.5. The second kappa shape index (κ2) is 4.53. The van der Waals surface area contributed by atoms with Crippen molar-refractivity contribution in [2.45, 2.75) is 20.0 Å². The average molecular weight is 193 g/mol. The van der Waals surface area contributed by atoms with E-state index in [1.807, 2.05) is 6.92 Å². The fourth-order valence-electron chi connectivity index (χ4n) is 1.02. The second-order valence-corrected chi connectivity index (χ2v) is 2.72. The SMILES string of the molecule is CCOC(C)c1ncc(C#N)c(=O)[nH]1. The summed E-state index contributed by atoms with van der Waals surface area (Å²) < 4.78 is 5.24. The number of aromatic nitrogens is 2. The van der Waals surface area contributed by atoms with Crippen LogP contribution in [-0.2, 0) is 4.74 Å². The van der Waals surface area contributed by atoms with E-state index in [0.717, 1.165) is 0 Å². The standard InChI is InChI=1S/C9H11N3O2/c1-3-14-6(2)8-11-5-7(4-10)9(13)12-8/h5-6H,3H2,1-2H3,(H,11,12,13). The summed E-state index contributed by atoms with van der Waals surface area (Å²) in [6.45, 7) is 4.19. The molecule has 74 valence electrons. The van der Waals surface area contributed by atoms with Crippen LogP contribution in [0, 0.1) is 11.3 Å². The van der Waals surface area contributed by atoms with Crippen LogP contribution < -0.4 is 5.56 Å². The van der Waals surface area contributed by atoms with Crippen LogP contribution in [0.15, 0.2) is 11.0 Å². The summed E-state index contributed by atoms with van der Waals surface area (Å²) in [6.07, 6.45) is 0.990. The van der Waals surface area contributed by atoms with Gasteiger partial charge >= 0.3 is 0 Å². The van der Waals surface area contributed by atoms with Gasteiger partial charge in [-0.1, -0.05) is 0 Å². The molecule has 5 heteroatoms. The predicted octanol–water partition coefficient (Wildman–Crippen LogP) is 0.739. The molecular formula is C9H11N3O2. The summed E-state index contributed by atoms with van der Waals surface area (Å²) in [5, 5.41) is 8.51. The van der Waals surface area contributed by atoms with E-state index in [1.54, 1.807) is 13.0 Å². The molecule has 5 nitrogen and oxygen atoms in total. The Morgan fingerprint density at radius 1 is 1.79 bits per heavy atom. The van der Waals surface area contributed by atoms with Crippen LogP contribution in [-0.4, -0.2) is 16.6 Å². The molecule has 0 saturated carbocycles. The maximum absolute atomic E-state index is 11.2. The number of hydrogen-bond donors (Lipinski definition) is 1. The van der Waals surface area contributed by atoms with E-state index >= 15 is 0 Å². The van der Waals surface area contributed by atoms with Crippen molar-refractivity contribution >= 4 is 0 Å². The summed E-state index contributed by atoms with van der Waals surface area (Å²) in [5.74, 6) is 0.441. The van der Waals surface area contributed by atoms with Crippen molar-refractivity contribution in [1.29, 1.82) is 5.26 Å². The molecule has 0 aliphatic heterocycles. The Morgan fingerprint density at radius 3 is 3.00 bits per heavy atom. The minimum absolute atomic E-state index is 0.0115. The molecule has 1 aromatic rings. The summed E-state index contributed by atoms with van der Waals surface area (Å²) in [7, 11) is 0. The zero-order chi connectivity index (χ0) is 10.6. The van der Waals surface area contributed by atoms with E-state index in [2.05, 4.69) is 9.97 Å². The van der Waals surface area contributed by atoms with Crippen LogP contribution in [0.2, 0.25) is 0 Å². The number of nitriles is 1. The number of hydrogen-bond acceptors (Lipinski definition) is 4. The smallest absolute Gasteiger partial charge is 0.268 e. The molecule has 1 unspecified atom stereocenters. The fraction of sp³-hybridized carbons (Fsp3) is 0.444. The maximum atomic E-state index is 11.2. The molecule has 1 N–H and O–H groups in total. The van der Waals surface area contributed by atoms with Gasteiger partial charge in [-0.25, -0.2) is 4.98 Å². The lowest BCUT2D eigenvalue weighted by atomic mass is 10.3. The largest absolute Gasteiger partial charge is 0.371 e. The van der Waals surface area contributed by atoms with Gasteiger partial charge < -0.3 is 9.72 Å². The molecule has 1 aromatic heterocycles. The first kappa shape index (κ1) is 10.4. The summed E-state index contributed by atoms with van der Waals surface area (Å²) in [5.41, 5.74) is -0.415. The van der Waals surface area contributed by atoms with Gasteiger partial charge in [-0.15, -0.1) is 0 Å². The summed E-state index contributed by atoms with van der Waals surface area (Å²) >= 11 is 0. The summed E-state index contributed by atoms with van der Waals surface area (Å²) in [6, 6.07) is 1.75. The highest BCUT2D eigenvalue weighted by molar-refractivity contribution is 5.22. The third kappa shape index (κ3) is 2.18. The van der Waals surface area contributed by atoms with Gasteiger partial charge in [-0.3, -0.25) is 4.79 Å². The topological polar surface area (TPSA) is 78.8 Å². The number of H-pyrrole nitrogens is 1. The van der Waals surface area contributed by atoms with E-state index in [4.69, 9.17) is 10.00 Å². The Bertz CT molecular complexity index is 405. The van der Waals surface area contributed by atoms with Crippen molar-refractivity contribution in [3.63, 3.8) is 0 Å². The van der Waals surface area contributed by atoms with Crippen LogP contribution in [0.3, 0.4) is 0 Å². The Labute approximate surface area is 81.4 Å². The van der Waals surface area contributed by atoms with Crippen LogP contribution in [0.25, 0.3) is 0 Å². The van der Waals surface area contributed by atoms with E-state index in [1.165, 1.54) is 6.20 Å². The van der Waals surface area contributed by atoms with Gasteiger partial charge in [0.05, 0.1) is 6.20 Å². The first-order valence-corrected chi connectivity index (χ1v) is 4.30. The Balaban J connectivity index is 2.98. The average Bonchev–Trinajstić information content (AvgIpc) is 2.18. The predicted molar refractivity (Wildman–Crippen MR) is 49.6 cm³/mol. The molecule has 0 bridgehead atoms. The minimum Gasteiger partial charge on any atom is -0.371 e. The number of rotatable bonds is 3. The lowest BCUT2D eigenvalue weighted by Crippen LogP contribution is -2.16. The van der Waals surface area contributed by atoms with Gasteiger partial charge in [0.1, 0.15) is 23.6 Å². The van der Waals surface area contributed by atoms with Gasteiger partial charge in [-0.2, -0.15) is 5.26 Å². The highest BCUT2D eigenvalue weighted by Gasteiger charge is 2.08. The molecule has 0 fully saturated rings. The van der Waals surface area contributed by atoms with Crippen molar-refractivity contribution in [1.82, 2.24) is 9.97 Å². The van der Waals surface area contributed by atoms with E-state index in [-0.39, 0.29) is 11.7 Å². The van der Waals surface area contributed by atoms with Gasteiger partial charge in [0, 0.05) is 6.61 Å². The molecule has 0 radical (unpaired) electrons. The normalized spacial score (nSPS) is 12.1. The lowest BCUT2D eigenvalue weighted by Gasteiger charge is -2.09. The zero-order valence-corrected chi connectivity index (χ0v) is 8.07. The molecule has 0 saturated heterocycles. The van der Waals surface area contributed by atoms with Crippen molar-refractivity contribution in [2.24, 2.45) is 0 Å². The molecule has 1 heterocycles. The van der Waals surface area contributed by atoms with Crippen LogP contribution in [0.4, 0.5) is 0 Å². The van der Waals surface area contributed by atoms with Gasteiger partial charge in [-0.05, 0) is 13.8 Å². The number of nitrogens with zero attached hydrogens (tertiary/aromatic N) is 2. The van der Waals surface area contributed by atoms with Crippen LogP contribution in [0.5, 0.6) is 0 Å². The first-order chi connectivity index (χ1) is 6.69. The van der Waals surface area contributed by atoms with Gasteiger partial charge in [0.15, 0.2) is 0 Å². The molecule has 0 spiro atoms. The minimum atomic E-state index is -0.427. The highest BCUT2D eigenvalue weighted by Crippen LogP contribution is 2.09. The lowest BCUT2D eigenvalue weighted by molar-refractivity contribution is 0.0698. The number of nitrogens with one attached hydrogen (secondary N) is 1. The van der Waals surface area contributed by atoms with E-state index in [9.17, 15) is 4.79 Å². The number of ether oxygens (including phenoxy) is 1. The fourth-order valence-corrected chi connectivity index (χ4v) is 1.02. The van der Waals surface area contributed by atoms with Crippen molar-refractivity contribution in [3.05, 3.63) is 27.9 Å². The molecule has 0 aliphatic rings. The monoisotopic (exact) mass is 193 g/mol. The zero-order valence-electron chi connectivity index (χ0n) is 8.07. The Kier molecular flexibility index (Phi) is 3.37. The van der Waals surface area contributed by atoms with Crippen LogP contribution >= 0.6 is 0 Å². The molecule has 14 heavy (non-hydrogen) atoms. The molecule has 1 rings (SSSR count). The van der Waals surface area contributed by atoms with Gasteiger partial charge in [0.2, 0.25) is 0 Å². The molecular weight excluding hydrogens is 182 g/mol. The van der Waals surface area contributed by atoms with E-state index < -0.39 is 5.56 Å². The Hall–Kier alpha value is -1.67. The summed E-state index contributed by atoms with van der Waals surface area (Å²) in [4.78, 5) is 17.6. The van der Waals surface area contributed by atoms with Crippen molar-refractivity contribution < 1.29 is 4.74 Å². The molecule has 0 aliphatic carbocycles. The third-order valence-electron chi connectivity index (χ3n) is 1.74. The maximum Gasteiger partial charge on any atom is 0.268 e. The van der Waals surface area contributed by atoms with Gasteiger partial charge in [0.25, 0.3) is 5.56 Å².